The summed E-state index contributed by atoms with van der Waals surface area (Å²) in [5.41, 5.74) is 1.25. The molecule has 0 spiro atoms. The van der Waals surface area contributed by atoms with Crippen molar-refractivity contribution in [3.63, 3.8) is 0 Å². The Morgan fingerprint density at radius 2 is 1.53 bits per heavy atom. The maximum Gasteiger partial charge on any atom is 0.350 e. The van der Waals surface area contributed by atoms with Crippen LogP contribution in [0.25, 0.3) is 5.76 Å². The van der Waals surface area contributed by atoms with Gasteiger partial charge in [-0.3, -0.25) is 14.5 Å². The molecule has 1 aliphatic rings. The third-order valence-electron chi connectivity index (χ3n) is 7.28. The zero-order valence-corrected chi connectivity index (χ0v) is 27.4. The largest absolute Gasteiger partial charge is 0.507 e. The van der Waals surface area contributed by atoms with Gasteiger partial charge in [-0.05, 0) is 67.6 Å². The number of aromatic nitrogens is 1. The van der Waals surface area contributed by atoms with Gasteiger partial charge in [-0.25, -0.2) is 9.78 Å². The molecule has 4 rings (SSSR count). The van der Waals surface area contributed by atoms with Crippen molar-refractivity contribution >= 4 is 39.9 Å². The number of hydrogen-bond donors (Lipinski definition) is 1. The van der Waals surface area contributed by atoms with Gasteiger partial charge in [0, 0.05) is 5.56 Å². The standard InChI is InChI=1S/C35H42N2O7S/c1-6-8-10-20-43-26-15-11-24(12-16-26)29-28(30(38)25-13-17-27(18-14-25)42-19-9-7-2)31(39)33(40)37(29)35-36-23(5)32(45-35)34(41)44-21-22(3)4/h11-18,22,29,38H,6-10,19-21H2,1-5H3/b30-28-. The number of hydrogen-bond acceptors (Lipinski definition) is 9. The van der Waals surface area contributed by atoms with Crippen molar-refractivity contribution in [3.05, 3.63) is 75.8 Å². The number of thiazole rings is 1. The first-order valence-corrected chi connectivity index (χ1v) is 16.4. The lowest BCUT2D eigenvalue weighted by Gasteiger charge is -2.23. The Hall–Kier alpha value is -4.18. The average Bonchev–Trinajstić information content (AvgIpc) is 3.54. The summed E-state index contributed by atoms with van der Waals surface area (Å²) in [4.78, 5) is 46.1. The first kappa shape index (κ1) is 33.7. The Balaban J connectivity index is 1.74. The fourth-order valence-corrected chi connectivity index (χ4v) is 5.80. The fourth-order valence-electron chi connectivity index (χ4n) is 4.82. The molecule has 45 heavy (non-hydrogen) atoms. The number of esters is 1. The molecule has 0 radical (unpaired) electrons. The lowest BCUT2D eigenvalue weighted by atomic mass is 9.95. The number of nitrogens with zero attached hydrogens (tertiary/aromatic N) is 2. The molecule has 1 saturated heterocycles. The number of rotatable bonds is 15. The molecule has 0 aliphatic carbocycles. The molecule has 3 aromatic rings. The van der Waals surface area contributed by atoms with E-state index in [0.717, 1.165) is 43.4 Å². The maximum atomic E-state index is 13.6. The number of carbonyl (C=O) groups is 3. The predicted octanol–water partition coefficient (Wildman–Crippen LogP) is 7.64. The maximum absolute atomic E-state index is 13.6. The Kier molecular flexibility index (Phi) is 11.8. The molecule has 0 saturated carbocycles. The molecule has 0 bridgehead atoms. The second-order valence-electron chi connectivity index (χ2n) is 11.4. The quantitative estimate of drug-likeness (QED) is 0.0596. The van der Waals surface area contributed by atoms with Gasteiger partial charge < -0.3 is 19.3 Å². The lowest BCUT2D eigenvalue weighted by molar-refractivity contribution is -0.132. The minimum atomic E-state index is -0.996. The van der Waals surface area contributed by atoms with E-state index in [-0.39, 0.29) is 33.9 Å². The molecule has 10 heteroatoms. The van der Waals surface area contributed by atoms with Gasteiger partial charge >= 0.3 is 11.9 Å². The number of aliphatic hydroxyl groups excluding tert-OH is 1. The van der Waals surface area contributed by atoms with Crippen LogP contribution in [0.5, 0.6) is 11.5 Å². The van der Waals surface area contributed by atoms with E-state index in [1.54, 1.807) is 55.5 Å². The van der Waals surface area contributed by atoms with Gasteiger partial charge in [0.25, 0.3) is 5.78 Å². The van der Waals surface area contributed by atoms with Crippen LogP contribution in [0.3, 0.4) is 0 Å². The van der Waals surface area contributed by atoms with Crippen molar-refractivity contribution in [1.29, 1.82) is 0 Å². The molecule has 1 N–H and O–H groups in total. The Labute approximate surface area is 268 Å². The molecule has 1 unspecified atom stereocenters. The lowest BCUT2D eigenvalue weighted by Crippen LogP contribution is -2.29. The molecule has 9 nitrogen and oxygen atoms in total. The molecule has 1 fully saturated rings. The molecule has 1 aromatic heterocycles. The number of ketones is 1. The first-order chi connectivity index (χ1) is 21.7. The second kappa shape index (κ2) is 15.7. The zero-order valence-electron chi connectivity index (χ0n) is 26.6. The van der Waals surface area contributed by atoms with Gasteiger partial charge in [0.05, 0.1) is 37.1 Å². The van der Waals surface area contributed by atoms with Gasteiger partial charge in [0.1, 0.15) is 22.1 Å². The van der Waals surface area contributed by atoms with E-state index in [4.69, 9.17) is 14.2 Å². The second-order valence-corrected chi connectivity index (χ2v) is 12.4. The van der Waals surface area contributed by atoms with Gasteiger partial charge in [0.2, 0.25) is 0 Å². The highest BCUT2D eigenvalue weighted by molar-refractivity contribution is 7.17. The number of ether oxygens (including phenoxy) is 3. The SMILES string of the molecule is CCCCCOc1ccc(C2/C(=C(/O)c3ccc(OCCCC)cc3)C(=O)C(=O)N2c2nc(C)c(C(=O)OCC(C)C)s2)cc1. The number of benzene rings is 2. The van der Waals surface area contributed by atoms with Crippen LogP contribution in [-0.2, 0) is 14.3 Å². The van der Waals surface area contributed by atoms with E-state index in [1.807, 2.05) is 13.8 Å². The molecule has 2 aromatic carbocycles. The molecular weight excluding hydrogens is 592 g/mol. The van der Waals surface area contributed by atoms with Crippen LogP contribution in [0.1, 0.15) is 92.3 Å². The summed E-state index contributed by atoms with van der Waals surface area (Å²) < 4.78 is 17.0. The minimum absolute atomic E-state index is 0.0759. The number of amides is 1. The third-order valence-corrected chi connectivity index (χ3v) is 8.41. The van der Waals surface area contributed by atoms with Gasteiger partial charge in [-0.1, -0.05) is 70.4 Å². The average molecular weight is 635 g/mol. The van der Waals surface area contributed by atoms with Crippen LogP contribution in [-0.4, -0.2) is 47.6 Å². The van der Waals surface area contributed by atoms with Gasteiger partial charge in [-0.2, -0.15) is 0 Å². The van der Waals surface area contributed by atoms with E-state index in [0.29, 0.717) is 41.5 Å². The number of unbranched alkanes of at least 4 members (excludes halogenated alkanes) is 3. The molecule has 240 valence electrons. The van der Waals surface area contributed by atoms with E-state index < -0.39 is 23.7 Å². The van der Waals surface area contributed by atoms with Gasteiger partial charge in [-0.15, -0.1) is 0 Å². The van der Waals surface area contributed by atoms with Crippen LogP contribution in [0.2, 0.25) is 0 Å². The zero-order chi connectivity index (χ0) is 32.5. The number of aliphatic hydroxyl groups is 1. The minimum Gasteiger partial charge on any atom is -0.507 e. The van der Waals surface area contributed by atoms with Crippen molar-refractivity contribution in [1.82, 2.24) is 4.98 Å². The van der Waals surface area contributed by atoms with Crippen LogP contribution >= 0.6 is 11.3 Å². The van der Waals surface area contributed by atoms with Crippen molar-refractivity contribution in [2.45, 2.75) is 72.8 Å². The van der Waals surface area contributed by atoms with Crippen LogP contribution in [0.15, 0.2) is 54.1 Å². The van der Waals surface area contributed by atoms with Crippen LogP contribution < -0.4 is 14.4 Å². The summed E-state index contributed by atoms with van der Waals surface area (Å²) in [6, 6.07) is 12.9. The topological polar surface area (TPSA) is 115 Å². The third kappa shape index (κ3) is 8.11. The monoisotopic (exact) mass is 634 g/mol. The summed E-state index contributed by atoms with van der Waals surface area (Å²) in [5.74, 6) is -1.11. The van der Waals surface area contributed by atoms with Crippen molar-refractivity contribution in [2.24, 2.45) is 5.92 Å². The fraction of sp³-hybridized carbons (Fsp3) is 0.429. The Morgan fingerprint density at radius 3 is 2.13 bits per heavy atom. The molecule has 1 aliphatic heterocycles. The predicted molar refractivity (Wildman–Crippen MR) is 175 cm³/mol. The highest BCUT2D eigenvalue weighted by Gasteiger charge is 2.48. The molecular formula is C35H42N2O7S. The summed E-state index contributed by atoms with van der Waals surface area (Å²) >= 11 is 0.982. The normalized spacial score (nSPS) is 16.0. The molecule has 1 amide bonds. The highest BCUT2D eigenvalue weighted by Crippen LogP contribution is 2.44. The highest BCUT2D eigenvalue weighted by atomic mass is 32.1. The van der Waals surface area contributed by atoms with E-state index in [1.165, 1.54) is 4.90 Å². The summed E-state index contributed by atoms with van der Waals surface area (Å²) in [5, 5.41) is 11.7. The smallest absolute Gasteiger partial charge is 0.350 e. The number of anilines is 1. The number of carbonyl (C=O) groups excluding carboxylic acids is 3. The van der Waals surface area contributed by atoms with Crippen molar-refractivity contribution < 1.29 is 33.7 Å². The summed E-state index contributed by atoms with van der Waals surface area (Å²) in [6.07, 6.45) is 5.01. The summed E-state index contributed by atoms with van der Waals surface area (Å²) in [6.45, 7) is 11.1. The summed E-state index contributed by atoms with van der Waals surface area (Å²) in [7, 11) is 0. The van der Waals surface area contributed by atoms with Crippen LogP contribution in [0, 0.1) is 12.8 Å². The Morgan fingerprint density at radius 1 is 0.933 bits per heavy atom. The molecule has 2 heterocycles. The first-order valence-electron chi connectivity index (χ1n) is 15.6. The van der Waals surface area contributed by atoms with E-state index in [2.05, 4.69) is 18.8 Å². The van der Waals surface area contributed by atoms with E-state index >= 15 is 0 Å². The number of Topliss-reactive ketones (excluding diaryl/α,β-unsaturated/α-hetero) is 1. The van der Waals surface area contributed by atoms with E-state index in [9.17, 15) is 19.5 Å². The number of aryl methyl sites for hydroxylation is 1. The Bertz CT molecular complexity index is 1510. The van der Waals surface area contributed by atoms with Crippen molar-refractivity contribution in [3.8, 4) is 11.5 Å². The van der Waals surface area contributed by atoms with Crippen molar-refractivity contribution in [2.75, 3.05) is 24.7 Å². The van der Waals surface area contributed by atoms with Crippen LogP contribution in [0.4, 0.5) is 5.13 Å². The van der Waals surface area contributed by atoms with Gasteiger partial charge in [0.15, 0.2) is 5.13 Å². The molecule has 1 atom stereocenters.